The number of esters is 1. The van der Waals surface area contributed by atoms with Gasteiger partial charge in [0.05, 0.1) is 6.42 Å². The zero-order valence-electron chi connectivity index (χ0n) is 12.8. The van der Waals surface area contributed by atoms with Gasteiger partial charge in [0.2, 0.25) is 5.91 Å². The number of piperidine rings is 1. The SMILES string of the molecule is CC(=O)Nc1ccc(OC(=O)CCN2CCCCC2)cc1.Cl. The minimum Gasteiger partial charge on any atom is -0.426 e. The molecule has 0 saturated carbocycles. The van der Waals surface area contributed by atoms with Crippen LogP contribution in [0.2, 0.25) is 0 Å². The molecule has 0 spiro atoms. The molecule has 1 aliphatic heterocycles. The topological polar surface area (TPSA) is 58.6 Å². The third kappa shape index (κ3) is 6.45. The molecule has 1 aromatic carbocycles. The van der Waals surface area contributed by atoms with Gasteiger partial charge in [-0.2, -0.15) is 0 Å². The summed E-state index contributed by atoms with van der Waals surface area (Å²) in [7, 11) is 0. The van der Waals surface area contributed by atoms with E-state index in [1.807, 2.05) is 0 Å². The molecule has 22 heavy (non-hydrogen) atoms. The zero-order valence-corrected chi connectivity index (χ0v) is 13.7. The molecule has 1 fully saturated rings. The number of amides is 1. The van der Waals surface area contributed by atoms with Crippen LogP contribution in [0, 0.1) is 0 Å². The van der Waals surface area contributed by atoms with Crippen LogP contribution in [0.15, 0.2) is 24.3 Å². The molecule has 1 aromatic rings. The van der Waals surface area contributed by atoms with E-state index in [0.717, 1.165) is 19.6 Å². The molecule has 0 aliphatic carbocycles. The van der Waals surface area contributed by atoms with Gasteiger partial charge >= 0.3 is 5.97 Å². The first-order valence-corrected chi connectivity index (χ1v) is 7.44. The van der Waals surface area contributed by atoms with Crippen LogP contribution >= 0.6 is 12.4 Å². The minimum absolute atomic E-state index is 0. The van der Waals surface area contributed by atoms with Crippen LogP contribution in [-0.4, -0.2) is 36.4 Å². The maximum atomic E-state index is 11.8. The van der Waals surface area contributed by atoms with E-state index < -0.39 is 0 Å². The van der Waals surface area contributed by atoms with Gasteiger partial charge in [-0.05, 0) is 50.2 Å². The number of anilines is 1. The molecule has 1 aliphatic rings. The van der Waals surface area contributed by atoms with Crippen molar-refractivity contribution >= 4 is 30.0 Å². The van der Waals surface area contributed by atoms with Crippen LogP contribution in [0.3, 0.4) is 0 Å². The summed E-state index contributed by atoms with van der Waals surface area (Å²) in [6.07, 6.45) is 4.15. The van der Waals surface area contributed by atoms with E-state index in [4.69, 9.17) is 4.74 Å². The lowest BCUT2D eigenvalue weighted by Gasteiger charge is -2.25. The van der Waals surface area contributed by atoms with E-state index in [2.05, 4.69) is 10.2 Å². The predicted molar refractivity (Wildman–Crippen MR) is 88.5 cm³/mol. The lowest BCUT2D eigenvalue weighted by Crippen LogP contribution is -2.32. The van der Waals surface area contributed by atoms with Gasteiger partial charge in [0, 0.05) is 19.2 Å². The summed E-state index contributed by atoms with van der Waals surface area (Å²) < 4.78 is 5.29. The second kappa shape index (κ2) is 9.43. The van der Waals surface area contributed by atoms with Gasteiger partial charge < -0.3 is 15.0 Å². The Bertz CT molecular complexity index is 485. The summed E-state index contributed by atoms with van der Waals surface area (Å²) in [5.41, 5.74) is 0.690. The van der Waals surface area contributed by atoms with Crippen molar-refractivity contribution in [3.05, 3.63) is 24.3 Å². The average molecular weight is 327 g/mol. The number of nitrogens with zero attached hydrogens (tertiary/aromatic N) is 1. The van der Waals surface area contributed by atoms with Gasteiger partial charge in [0.25, 0.3) is 0 Å². The van der Waals surface area contributed by atoms with Crippen molar-refractivity contribution in [1.82, 2.24) is 4.90 Å². The Morgan fingerprint density at radius 1 is 1.14 bits per heavy atom. The Kier molecular flexibility index (Phi) is 7.91. The third-order valence-electron chi connectivity index (χ3n) is 3.49. The van der Waals surface area contributed by atoms with Gasteiger partial charge in [-0.15, -0.1) is 12.4 Å². The summed E-state index contributed by atoms with van der Waals surface area (Å²) in [5, 5.41) is 2.67. The highest BCUT2D eigenvalue weighted by Crippen LogP contribution is 2.16. The van der Waals surface area contributed by atoms with E-state index in [1.54, 1.807) is 24.3 Å². The molecule has 6 heteroatoms. The molecule has 0 radical (unpaired) electrons. The standard InChI is InChI=1S/C16H22N2O3.ClH/c1-13(19)17-14-5-7-15(8-6-14)21-16(20)9-12-18-10-3-2-4-11-18;/h5-8H,2-4,9-12H2,1H3,(H,17,19);1H. The summed E-state index contributed by atoms with van der Waals surface area (Å²) in [5.74, 6) is 0.168. The number of likely N-dealkylation sites (tertiary alicyclic amines) is 1. The van der Waals surface area contributed by atoms with Gasteiger partial charge in [-0.25, -0.2) is 0 Å². The minimum atomic E-state index is -0.215. The quantitative estimate of drug-likeness (QED) is 0.667. The summed E-state index contributed by atoms with van der Waals surface area (Å²) >= 11 is 0. The summed E-state index contributed by atoms with van der Waals surface area (Å²) in [6, 6.07) is 6.80. The Morgan fingerprint density at radius 2 is 1.77 bits per heavy atom. The number of carbonyl (C=O) groups excluding carboxylic acids is 2. The number of benzene rings is 1. The fraction of sp³-hybridized carbons (Fsp3) is 0.500. The monoisotopic (exact) mass is 326 g/mol. The molecule has 0 bridgehead atoms. The molecule has 0 atom stereocenters. The summed E-state index contributed by atoms with van der Waals surface area (Å²) in [6.45, 7) is 4.38. The molecular weight excluding hydrogens is 304 g/mol. The predicted octanol–water partition coefficient (Wildman–Crippen LogP) is 2.85. The van der Waals surface area contributed by atoms with Crippen molar-refractivity contribution in [2.24, 2.45) is 0 Å². The molecule has 1 heterocycles. The molecule has 1 saturated heterocycles. The molecule has 0 unspecified atom stereocenters. The van der Waals surface area contributed by atoms with Crippen molar-refractivity contribution in [3.63, 3.8) is 0 Å². The van der Waals surface area contributed by atoms with Crippen LogP contribution in [-0.2, 0) is 9.59 Å². The molecular formula is C16H23ClN2O3. The molecule has 2 rings (SSSR count). The van der Waals surface area contributed by atoms with Gasteiger partial charge in [0.15, 0.2) is 0 Å². The van der Waals surface area contributed by atoms with E-state index in [9.17, 15) is 9.59 Å². The fourth-order valence-electron chi connectivity index (χ4n) is 2.42. The van der Waals surface area contributed by atoms with Crippen LogP contribution < -0.4 is 10.1 Å². The number of ether oxygens (including phenoxy) is 1. The van der Waals surface area contributed by atoms with Gasteiger partial charge in [-0.3, -0.25) is 9.59 Å². The number of hydrogen-bond acceptors (Lipinski definition) is 4. The van der Waals surface area contributed by atoms with Crippen LogP contribution in [0.4, 0.5) is 5.69 Å². The maximum Gasteiger partial charge on any atom is 0.312 e. The lowest BCUT2D eigenvalue weighted by atomic mass is 10.1. The van der Waals surface area contributed by atoms with E-state index in [1.165, 1.54) is 26.2 Å². The number of carbonyl (C=O) groups is 2. The molecule has 5 nitrogen and oxygen atoms in total. The van der Waals surface area contributed by atoms with Gasteiger partial charge in [-0.1, -0.05) is 6.42 Å². The van der Waals surface area contributed by atoms with Crippen LogP contribution in [0.5, 0.6) is 5.75 Å². The van der Waals surface area contributed by atoms with Crippen molar-refractivity contribution in [1.29, 1.82) is 0 Å². The van der Waals surface area contributed by atoms with Crippen molar-refractivity contribution in [2.45, 2.75) is 32.6 Å². The average Bonchev–Trinajstić information content (AvgIpc) is 2.48. The van der Waals surface area contributed by atoms with E-state index >= 15 is 0 Å². The smallest absolute Gasteiger partial charge is 0.312 e. The molecule has 122 valence electrons. The van der Waals surface area contributed by atoms with Crippen molar-refractivity contribution in [3.8, 4) is 5.75 Å². The highest BCUT2D eigenvalue weighted by molar-refractivity contribution is 5.88. The Hall–Kier alpha value is -1.59. The molecule has 1 N–H and O–H groups in total. The van der Waals surface area contributed by atoms with Crippen LogP contribution in [0.1, 0.15) is 32.6 Å². The molecule has 0 aromatic heterocycles. The summed E-state index contributed by atoms with van der Waals surface area (Å²) in [4.78, 5) is 25.0. The highest BCUT2D eigenvalue weighted by atomic mass is 35.5. The largest absolute Gasteiger partial charge is 0.426 e. The van der Waals surface area contributed by atoms with Crippen molar-refractivity contribution < 1.29 is 14.3 Å². The fourth-order valence-corrected chi connectivity index (χ4v) is 2.42. The molecule has 1 amide bonds. The Balaban J connectivity index is 0.00000242. The second-order valence-corrected chi connectivity index (χ2v) is 5.33. The Labute approximate surface area is 137 Å². The van der Waals surface area contributed by atoms with E-state index in [-0.39, 0.29) is 24.3 Å². The van der Waals surface area contributed by atoms with Crippen LogP contribution in [0.25, 0.3) is 0 Å². The Morgan fingerprint density at radius 3 is 2.36 bits per heavy atom. The number of hydrogen-bond donors (Lipinski definition) is 1. The number of rotatable bonds is 5. The maximum absolute atomic E-state index is 11.8. The number of halogens is 1. The van der Waals surface area contributed by atoms with Gasteiger partial charge in [0.1, 0.15) is 5.75 Å². The van der Waals surface area contributed by atoms with Crippen molar-refractivity contribution in [2.75, 3.05) is 25.0 Å². The second-order valence-electron chi connectivity index (χ2n) is 5.33. The first-order chi connectivity index (χ1) is 10.1. The first-order valence-electron chi connectivity index (χ1n) is 7.44. The first kappa shape index (κ1) is 18.5. The zero-order chi connectivity index (χ0) is 15.1. The number of nitrogens with one attached hydrogen (secondary N) is 1. The normalized spacial score (nSPS) is 14.8. The highest BCUT2D eigenvalue weighted by Gasteiger charge is 2.12. The third-order valence-corrected chi connectivity index (χ3v) is 3.49. The lowest BCUT2D eigenvalue weighted by molar-refractivity contribution is -0.134. The van der Waals surface area contributed by atoms with E-state index in [0.29, 0.717) is 17.9 Å².